The molecule has 1 aliphatic heterocycles. The SMILES string of the molecule is CCCNC(=O)N1CCC(C)(C)CC1. The predicted molar refractivity (Wildman–Crippen MR) is 58.3 cm³/mol. The van der Waals surface area contributed by atoms with E-state index < -0.39 is 0 Å². The van der Waals surface area contributed by atoms with Gasteiger partial charge >= 0.3 is 6.03 Å². The Hall–Kier alpha value is -0.730. The Labute approximate surface area is 86.9 Å². The van der Waals surface area contributed by atoms with Gasteiger partial charge in [-0.1, -0.05) is 20.8 Å². The van der Waals surface area contributed by atoms with Gasteiger partial charge in [-0.3, -0.25) is 0 Å². The molecule has 0 aromatic heterocycles. The number of piperidine rings is 1. The first kappa shape index (κ1) is 11.3. The third-order valence-corrected chi connectivity index (χ3v) is 2.93. The zero-order chi connectivity index (χ0) is 10.6. The third-order valence-electron chi connectivity index (χ3n) is 2.93. The zero-order valence-corrected chi connectivity index (χ0v) is 9.60. The lowest BCUT2D eigenvalue weighted by Crippen LogP contribution is -2.46. The van der Waals surface area contributed by atoms with Crippen molar-refractivity contribution in [2.75, 3.05) is 19.6 Å². The summed E-state index contributed by atoms with van der Waals surface area (Å²) in [6.45, 7) is 9.21. The van der Waals surface area contributed by atoms with Crippen LogP contribution in [0.25, 0.3) is 0 Å². The van der Waals surface area contributed by atoms with E-state index in [2.05, 4.69) is 26.1 Å². The van der Waals surface area contributed by atoms with Crippen LogP contribution in [0, 0.1) is 5.41 Å². The first-order valence-electron chi connectivity index (χ1n) is 5.58. The van der Waals surface area contributed by atoms with Crippen LogP contribution in [-0.2, 0) is 0 Å². The second kappa shape index (κ2) is 4.67. The van der Waals surface area contributed by atoms with Crippen molar-refractivity contribution in [2.45, 2.75) is 40.0 Å². The number of nitrogens with zero attached hydrogens (tertiary/aromatic N) is 1. The maximum absolute atomic E-state index is 11.6. The molecular formula is C11H22N2O. The highest BCUT2D eigenvalue weighted by atomic mass is 16.2. The molecule has 1 rings (SSSR count). The molecule has 2 amide bonds. The summed E-state index contributed by atoms with van der Waals surface area (Å²) in [5.74, 6) is 0. The molecule has 0 aliphatic carbocycles. The summed E-state index contributed by atoms with van der Waals surface area (Å²) < 4.78 is 0. The highest BCUT2D eigenvalue weighted by Crippen LogP contribution is 2.29. The largest absolute Gasteiger partial charge is 0.338 e. The lowest BCUT2D eigenvalue weighted by atomic mass is 9.83. The van der Waals surface area contributed by atoms with Crippen molar-refractivity contribution in [1.29, 1.82) is 0 Å². The molecule has 0 radical (unpaired) electrons. The Morgan fingerprint density at radius 1 is 1.36 bits per heavy atom. The molecule has 0 aromatic rings. The first-order valence-corrected chi connectivity index (χ1v) is 5.58. The van der Waals surface area contributed by atoms with Crippen LogP contribution in [0.5, 0.6) is 0 Å². The number of hydrogen-bond acceptors (Lipinski definition) is 1. The van der Waals surface area contributed by atoms with Gasteiger partial charge in [0.05, 0.1) is 0 Å². The minimum Gasteiger partial charge on any atom is -0.338 e. The molecule has 0 unspecified atom stereocenters. The van der Waals surface area contributed by atoms with Gasteiger partial charge in [0, 0.05) is 19.6 Å². The van der Waals surface area contributed by atoms with Gasteiger partial charge in [0.25, 0.3) is 0 Å². The molecule has 3 nitrogen and oxygen atoms in total. The van der Waals surface area contributed by atoms with Crippen LogP contribution in [-0.4, -0.2) is 30.6 Å². The van der Waals surface area contributed by atoms with Gasteiger partial charge in [-0.15, -0.1) is 0 Å². The number of rotatable bonds is 2. The van der Waals surface area contributed by atoms with E-state index in [-0.39, 0.29) is 6.03 Å². The van der Waals surface area contributed by atoms with E-state index in [4.69, 9.17) is 0 Å². The fraction of sp³-hybridized carbons (Fsp3) is 0.909. The Bertz CT molecular complexity index is 191. The Morgan fingerprint density at radius 2 is 1.93 bits per heavy atom. The average Bonchev–Trinajstić information content (AvgIpc) is 2.14. The summed E-state index contributed by atoms with van der Waals surface area (Å²) in [5, 5.41) is 2.92. The molecule has 0 atom stereocenters. The Morgan fingerprint density at radius 3 is 2.43 bits per heavy atom. The number of likely N-dealkylation sites (tertiary alicyclic amines) is 1. The van der Waals surface area contributed by atoms with E-state index in [9.17, 15) is 4.79 Å². The van der Waals surface area contributed by atoms with Crippen LogP contribution >= 0.6 is 0 Å². The smallest absolute Gasteiger partial charge is 0.317 e. The molecule has 0 aromatic carbocycles. The average molecular weight is 198 g/mol. The van der Waals surface area contributed by atoms with Crippen molar-refractivity contribution in [3.63, 3.8) is 0 Å². The maximum atomic E-state index is 11.6. The van der Waals surface area contributed by atoms with Crippen LogP contribution < -0.4 is 5.32 Å². The van der Waals surface area contributed by atoms with Crippen molar-refractivity contribution in [3.8, 4) is 0 Å². The number of carbonyl (C=O) groups is 1. The van der Waals surface area contributed by atoms with E-state index >= 15 is 0 Å². The molecule has 0 spiro atoms. The summed E-state index contributed by atoms with van der Waals surface area (Å²) in [6.07, 6.45) is 3.24. The Balaban J connectivity index is 2.30. The minimum atomic E-state index is 0.113. The van der Waals surface area contributed by atoms with E-state index in [1.165, 1.54) is 0 Å². The van der Waals surface area contributed by atoms with Crippen molar-refractivity contribution < 1.29 is 4.79 Å². The van der Waals surface area contributed by atoms with Gasteiger partial charge < -0.3 is 10.2 Å². The van der Waals surface area contributed by atoms with Crippen molar-refractivity contribution in [2.24, 2.45) is 5.41 Å². The normalized spacial score (nSPS) is 20.6. The molecule has 82 valence electrons. The number of carbonyl (C=O) groups excluding carboxylic acids is 1. The van der Waals surface area contributed by atoms with Gasteiger partial charge in [-0.25, -0.2) is 4.79 Å². The molecular weight excluding hydrogens is 176 g/mol. The second-order valence-corrected chi connectivity index (χ2v) is 4.88. The fourth-order valence-electron chi connectivity index (χ4n) is 1.66. The molecule has 0 bridgehead atoms. The highest BCUT2D eigenvalue weighted by Gasteiger charge is 2.27. The van der Waals surface area contributed by atoms with Gasteiger partial charge in [0.1, 0.15) is 0 Å². The number of urea groups is 1. The standard InChI is InChI=1S/C11H22N2O/c1-4-7-12-10(14)13-8-5-11(2,3)6-9-13/h4-9H2,1-3H3,(H,12,14). The number of nitrogens with one attached hydrogen (secondary N) is 1. The topological polar surface area (TPSA) is 32.3 Å². The molecule has 1 saturated heterocycles. The third kappa shape index (κ3) is 3.20. The first-order chi connectivity index (χ1) is 6.55. The van der Waals surface area contributed by atoms with Gasteiger partial charge in [0.2, 0.25) is 0 Å². The van der Waals surface area contributed by atoms with Gasteiger partial charge in [-0.05, 0) is 24.7 Å². The van der Waals surface area contributed by atoms with Crippen molar-refractivity contribution in [3.05, 3.63) is 0 Å². The quantitative estimate of drug-likeness (QED) is 0.725. The number of hydrogen-bond donors (Lipinski definition) is 1. The van der Waals surface area contributed by atoms with E-state index in [1.807, 2.05) is 4.90 Å². The summed E-state index contributed by atoms with van der Waals surface area (Å²) in [4.78, 5) is 13.5. The van der Waals surface area contributed by atoms with E-state index in [1.54, 1.807) is 0 Å². The predicted octanol–water partition coefficient (Wildman–Crippen LogP) is 2.23. The summed E-state index contributed by atoms with van der Waals surface area (Å²) >= 11 is 0. The molecule has 1 N–H and O–H groups in total. The maximum Gasteiger partial charge on any atom is 0.317 e. The molecule has 14 heavy (non-hydrogen) atoms. The molecule has 0 saturated carbocycles. The lowest BCUT2D eigenvalue weighted by Gasteiger charge is -2.36. The fourth-order valence-corrected chi connectivity index (χ4v) is 1.66. The van der Waals surface area contributed by atoms with Crippen LogP contribution in [0.2, 0.25) is 0 Å². The molecule has 1 aliphatic rings. The minimum absolute atomic E-state index is 0.113. The Kier molecular flexibility index (Phi) is 3.78. The summed E-state index contributed by atoms with van der Waals surface area (Å²) in [6, 6.07) is 0.113. The van der Waals surface area contributed by atoms with Crippen LogP contribution in [0.3, 0.4) is 0 Å². The summed E-state index contributed by atoms with van der Waals surface area (Å²) in [5.41, 5.74) is 0.418. The van der Waals surface area contributed by atoms with Gasteiger partial charge in [-0.2, -0.15) is 0 Å². The monoisotopic (exact) mass is 198 g/mol. The van der Waals surface area contributed by atoms with Crippen LogP contribution in [0.1, 0.15) is 40.0 Å². The zero-order valence-electron chi connectivity index (χ0n) is 9.60. The lowest BCUT2D eigenvalue weighted by molar-refractivity contribution is 0.140. The van der Waals surface area contributed by atoms with Gasteiger partial charge in [0.15, 0.2) is 0 Å². The van der Waals surface area contributed by atoms with Crippen LogP contribution in [0.15, 0.2) is 0 Å². The highest BCUT2D eigenvalue weighted by molar-refractivity contribution is 5.74. The summed E-state index contributed by atoms with van der Waals surface area (Å²) in [7, 11) is 0. The number of amides is 2. The van der Waals surface area contributed by atoms with Crippen molar-refractivity contribution >= 4 is 6.03 Å². The molecule has 1 fully saturated rings. The van der Waals surface area contributed by atoms with E-state index in [0.717, 1.165) is 38.9 Å². The molecule has 3 heteroatoms. The van der Waals surface area contributed by atoms with Crippen LogP contribution in [0.4, 0.5) is 4.79 Å². The van der Waals surface area contributed by atoms with Crippen molar-refractivity contribution in [1.82, 2.24) is 10.2 Å². The van der Waals surface area contributed by atoms with E-state index in [0.29, 0.717) is 5.41 Å². The second-order valence-electron chi connectivity index (χ2n) is 4.88. The molecule has 1 heterocycles.